The maximum Gasteiger partial charge on any atom is 0.272 e. The van der Waals surface area contributed by atoms with Crippen LogP contribution in [0, 0.1) is 0 Å². The number of amides is 3. The molecule has 10 heteroatoms. The Morgan fingerprint density at radius 1 is 0.818 bits per heavy atom. The molecule has 7 nitrogen and oxygen atoms in total. The summed E-state index contributed by atoms with van der Waals surface area (Å²) < 4.78 is 5.51. The summed E-state index contributed by atoms with van der Waals surface area (Å²) in [5.41, 5.74) is 2.24. The van der Waals surface area contributed by atoms with Gasteiger partial charge in [-0.25, -0.2) is 0 Å². The van der Waals surface area contributed by atoms with Crippen molar-refractivity contribution >= 4 is 70.1 Å². The van der Waals surface area contributed by atoms with Gasteiger partial charge in [-0.1, -0.05) is 66.5 Å². The number of carbonyl (C=O) groups excluding carboxylic acids is 3. The maximum atomic E-state index is 13.5. The quantitative estimate of drug-likeness (QED) is 0.106. The standard InChI is InChI=1S/C34H31Cl2N3O4S/c1-3-31(34(42)38-25-15-18-28(35)29(36)21-25)44-27-12-8-11-24(20-27)37-33(41)30(39-32(40)23-9-6-5-7-10-23)19-22-13-16-26(17-14-22)43-4-2/h5-21,31H,3-4H2,1-2H3,(H,37,41)(H,38,42)(H,39,40)/b30-19+. The number of halogens is 2. The van der Waals surface area contributed by atoms with Crippen molar-refractivity contribution in [3.8, 4) is 5.75 Å². The molecule has 4 aromatic carbocycles. The molecule has 0 aliphatic heterocycles. The fourth-order valence-corrected chi connectivity index (χ4v) is 5.38. The van der Waals surface area contributed by atoms with Gasteiger partial charge in [0.05, 0.1) is 21.9 Å². The first-order valence-electron chi connectivity index (χ1n) is 13.9. The molecule has 4 aromatic rings. The molecule has 0 saturated heterocycles. The fraction of sp³-hybridized carbons (Fsp3) is 0.147. The molecule has 0 heterocycles. The first-order valence-corrected chi connectivity index (χ1v) is 15.5. The number of hydrogen-bond donors (Lipinski definition) is 3. The summed E-state index contributed by atoms with van der Waals surface area (Å²) in [5, 5.41) is 8.85. The molecule has 4 rings (SSSR count). The van der Waals surface area contributed by atoms with Gasteiger partial charge in [-0.2, -0.15) is 0 Å². The first kappa shape index (κ1) is 32.7. The van der Waals surface area contributed by atoms with Crippen LogP contribution in [0.3, 0.4) is 0 Å². The molecule has 0 radical (unpaired) electrons. The topological polar surface area (TPSA) is 96.5 Å². The number of benzene rings is 4. The number of hydrogen-bond acceptors (Lipinski definition) is 5. The minimum atomic E-state index is -0.505. The summed E-state index contributed by atoms with van der Waals surface area (Å²) >= 11 is 13.4. The molecule has 0 aliphatic rings. The number of ether oxygens (including phenoxy) is 1. The van der Waals surface area contributed by atoms with Gasteiger partial charge in [0.15, 0.2) is 0 Å². The van der Waals surface area contributed by atoms with Crippen LogP contribution in [0.5, 0.6) is 5.75 Å². The highest BCUT2D eigenvalue weighted by molar-refractivity contribution is 8.00. The van der Waals surface area contributed by atoms with Crippen LogP contribution in [-0.4, -0.2) is 29.6 Å². The van der Waals surface area contributed by atoms with Crippen LogP contribution in [0.15, 0.2) is 108 Å². The smallest absolute Gasteiger partial charge is 0.272 e. The Labute approximate surface area is 271 Å². The van der Waals surface area contributed by atoms with Crippen LogP contribution in [0.2, 0.25) is 10.0 Å². The van der Waals surface area contributed by atoms with E-state index in [4.69, 9.17) is 27.9 Å². The summed E-state index contributed by atoms with van der Waals surface area (Å²) in [5.74, 6) is -0.403. The van der Waals surface area contributed by atoms with Gasteiger partial charge in [-0.3, -0.25) is 14.4 Å². The molecule has 1 unspecified atom stereocenters. The average Bonchev–Trinajstić information content (AvgIpc) is 3.03. The molecule has 226 valence electrons. The normalized spacial score (nSPS) is 11.8. The summed E-state index contributed by atoms with van der Waals surface area (Å²) in [7, 11) is 0. The molecule has 0 saturated carbocycles. The Hall–Kier alpha value is -4.24. The predicted octanol–water partition coefficient (Wildman–Crippen LogP) is 8.31. The second-order valence-corrected chi connectivity index (χ2v) is 11.6. The monoisotopic (exact) mass is 647 g/mol. The lowest BCUT2D eigenvalue weighted by atomic mass is 10.1. The van der Waals surface area contributed by atoms with E-state index in [1.165, 1.54) is 11.8 Å². The van der Waals surface area contributed by atoms with Gasteiger partial charge in [0, 0.05) is 21.8 Å². The molecular formula is C34H31Cl2N3O4S. The summed E-state index contributed by atoms with van der Waals surface area (Å²) in [6.45, 7) is 4.36. The van der Waals surface area contributed by atoms with Crippen LogP contribution in [-0.2, 0) is 9.59 Å². The van der Waals surface area contributed by atoms with Crippen LogP contribution >= 0.6 is 35.0 Å². The summed E-state index contributed by atoms with van der Waals surface area (Å²) in [6.07, 6.45) is 2.17. The predicted molar refractivity (Wildman–Crippen MR) is 180 cm³/mol. The molecule has 44 heavy (non-hydrogen) atoms. The van der Waals surface area contributed by atoms with E-state index in [0.717, 1.165) is 4.90 Å². The zero-order chi connectivity index (χ0) is 31.5. The van der Waals surface area contributed by atoms with Gasteiger partial charge >= 0.3 is 0 Å². The Morgan fingerprint density at radius 2 is 1.55 bits per heavy atom. The lowest BCUT2D eigenvalue weighted by Crippen LogP contribution is -2.30. The third-order valence-corrected chi connectivity index (χ3v) is 8.35. The Balaban J connectivity index is 1.50. The Morgan fingerprint density at radius 3 is 2.23 bits per heavy atom. The number of thioether (sulfide) groups is 1. The fourth-order valence-electron chi connectivity index (χ4n) is 4.06. The van der Waals surface area contributed by atoms with E-state index >= 15 is 0 Å². The van der Waals surface area contributed by atoms with Crippen molar-refractivity contribution in [2.24, 2.45) is 0 Å². The van der Waals surface area contributed by atoms with Crippen molar-refractivity contribution in [3.63, 3.8) is 0 Å². The highest BCUT2D eigenvalue weighted by Crippen LogP contribution is 2.30. The largest absolute Gasteiger partial charge is 0.494 e. The van der Waals surface area contributed by atoms with Gasteiger partial charge < -0.3 is 20.7 Å². The summed E-state index contributed by atoms with van der Waals surface area (Å²) in [4.78, 5) is 40.3. The molecule has 3 amide bonds. The average molecular weight is 649 g/mol. The third-order valence-electron chi connectivity index (χ3n) is 6.25. The minimum absolute atomic E-state index is 0.0634. The molecular weight excluding hydrogens is 617 g/mol. The van der Waals surface area contributed by atoms with Crippen LogP contribution in [0.1, 0.15) is 36.2 Å². The van der Waals surface area contributed by atoms with E-state index in [-0.39, 0.29) is 11.6 Å². The lowest BCUT2D eigenvalue weighted by molar-refractivity contribution is -0.116. The van der Waals surface area contributed by atoms with E-state index in [9.17, 15) is 14.4 Å². The zero-order valence-electron chi connectivity index (χ0n) is 24.1. The van der Waals surface area contributed by atoms with Crippen molar-refractivity contribution in [3.05, 3.63) is 124 Å². The molecule has 0 bridgehead atoms. The number of nitrogens with one attached hydrogen (secondary N) is 3. The molecule has 3 N–H and O–H groups in total. The van der Waals surface area contributed by atoms with E-state index in [1.54, 1.807) is 91.0 Å². The Kier molecular flexibility index (Phi) is 11.9. The molecule has 0 aromatic heterocycles. The van der Waals surface area contributed by atoms with E-state index in [1.807, 2.05) is 26.0 Å². The third kappa shape index (κ3) is 9.38. The van der Waals surface area contributed by atoms with Gasteiger partial charge in [-0.15, -0.1) is 11.8 Å². The van der Waals surface area contributed by atoms with Gasteiger partial charge in [0.2, 0.25) is 5.91 Å². The number of carbonyl (C=O) groups is 3. The molecule has 0 spiro atoms. The maximum absolute atomic E-state index is 13.5. The van der Waals surface area contributed by atoms with Crippen molar-refractivity contribution in [2.45, 2.75) is 30.4 Å². The van der Waals surface area contributed by atoms with Crippen LogP contribution < -0.4 is 20.7 Å². The number of rotatable bonds is 12. The SMILES string of the molecule is CCOc1ccc(/C=C(/NC(=O)c2ccccc2)C(=O)Nc2cccc(SC(CC)C(=O)Nc3ccc(Cl)c(Cl)c3)c2)cc1. The molecule has 1 atom stereocenters. The first-order chi connectivity index (χ1) is 21.2. The molecule has 0 aliphatic carbocycles. The zero-order valence-corrected chi connectivity index (χ0v) is 26.4. The van der Waals surface area contributed by atoms with Gasteiger partial charge in [0.25, 0.3) is 11.8 Å². The van der Waals surface area contributed by atoms with Gasteiger partial charge in [-0.05, 0) is 85.6 Å². The van der Waals surface area contributed by atoms with Crippen molar-refractivity contribution in [2.75, 3.05) is 17.2 Å². The lowest BCUT2D eigenvalue weighted by Gasteiger charge is -2.16. The van der Waals surface area contributed by atoms with Crippen molar-refractivity contribution < 1.29 is 19.1 Å². The van der Waals surface area contributed by atoms with Crippen molar-refractivity contribution in [1.29, 1.82) is 0 Å². The summed E-state index contributed by atoms with van der Waals surface area (Å²) in [6, 6.07) is 28.0. The highest BCUT2D eigenvalue weighted by atomic mass is 35.5. The van der Waals surface area contributed by atoms with E-state index in [2.05, 4.69) is 16.0 Å². The van der Waals surface area contributed by atoms with E-state index < -0.39 is 17.1 Å². The van der Waals surface area contributed by atoms with Crippen molar-refractivity contribution in [1.82, 2.24) is 5.32 Å². The second kappa shape index (κ2) is 16.0. The van der Waals surface area contributed by atoms with Gasteiger partial charge in [0.1, 0.15) is 11.4 Å². The number of anilines is 2. The van der Waals surface area contributed by atoms with Crippen LogP contribution in [0.25, 0.3) is 6.08 Å². The minimum Gasteiger partial charge on any atom is -0.494 e. The highest BCUT2D eigenvalue weighted by Gasteiger charge is 2.20. The Bertz CT molecular complexity index is 1650. The van der Waals surface area contributed by atoms with E-state index in [0.29, 0.717) is 51.3 Å². The second-order valence-electron chi connectivity index (χ2n) is 9.50. The molecule has 0 fully saturated rings. The van der Waals surface area contributed by atoms with Crippen LogP contribution in [0.4, 0.5) is 11.4 Å².